The Balaban J connectivity index is 1.59. The zero-order valence-corrected chi connectivity index (χ0v) is 15.2. The minimum Gasteiger partial charge on any atom is -0.349 e. The number of thiophene rings is 1. The van der Waals surface area contributed by atoms with E-state index in [1.807, 2.05) is 18.2 Å². The molecule has 1 aliphatic rings. The molecule has 0 atom stereocenters. The fraction of sp³-hybridized carbons (Fsp3) is 0.312. The first-order valence-electron chi connectivity index (χ1n) is 7.58. The number of piperidine rings is 1. The lowest BCUT2D eigenvalue weighted by atomic mass is 10.1. The Hall–Kier alpha value is -1.41. The molecule has 1 aromatic carbocycles. The van der Waals surface area contributed by atoms with Crippen molar-refractivity contribution in [2.75, 3.05) is 13.1 Å². The second-order valence-electron chi connectivity index (χ2n) is 5.58. The van der Waals surface area contributed by atoms with Gasteiger partial charge in [0, 0.05) is 24.7 Å². The monoisotopic (exact) mass is 384 g/mol. The molecule has 0 spiro atoms. The van der Waals surface area contributed by atoms with Gasteiger partial charge in [-0.25, -0.2) is 8.42 Å². The predicted molar refractivity (Wildman–Crippen MR) is 95.0 cm³/mol. The van der Waals surface area contributed by atoms with Gasteiger partial charge in [-0.05, 0) is 37.1 Å². The third kappa shape index (κ3) is 3.80. The number of nitrogens with one attached hydrogen (secondary N) is 1. The van der Waals surface area contributed by atoms with Crippen molar-refractivity contribution in [3.05, 3.63) is 52.4 Å². The highest BCUT2D eigenvalue weighted by Crippen LogP contribution is 2.29. The molecule has 1 aliphatic heterocycles. The number of hydrogen-bond acceptors (Lipinski definition) is 4. The van der Waals surface area contributed by atoms with Gasteiger partial charge in [0.25, 0.3) is 15.9 Å². The average Bonchev–Trinajstić information content (AvgIpc) is 3.03. The molecule has 1 saturated heterocycles. The maximum absolute atomic E-state index is 12.5. The van der Waals surface area contributed by atoms with E-state index in [-0.39, 0.29) is 16.2 Å². The molecular formula is C16H17ClN2O3S2. The lowest BCUT2D eigenvalue weighted by Crippen LogP contribution is -2.46. The van der Waals surface area contributed by atoms with Crippen LogP contribution in [0.3, 0.4) is 0 Å². The van der Waals surface area contributed by atoms with Crippen LogP contribution in [0.5, 0.6) is 0 Å². The summed E-state index contributed by atoms with van der Waals surface area (Å²) in [7, 11) is -3.49. The third-order valence-electron chi connectivity index (χ3n) is 3.97. The summed E-state index contributed by atoms with van der Waals surface area (Å²) in [5.74, 6) is -0.123. The van der Waals surface area contributed by atoms with Crippen molar-refractivity contribution >= 4 is 38.9 Å². The lowest BCUT2D eigenvalue weighted by Gasteiger charge is -2.31. The Kier molecular flexibility index (Phi) is 5.24. The van der Waals surface area contributed by atoms with Gasteiger partial charge >= 0.3 is 0 Å². The Morgan fingerprint density at radius 1 is 1.12 bits per heavy atom. The summed E-state index contributed by atoms with van der Waals surface area (Å²) in [6.45, 7) is 0.773. The van der Waals surface area contributed by atoms with Crippen LogP contribution in [0, 0.1) is 0 Å². The van der Waals surface area contributed by atoms with Gasteiger partial charge in [0.1, 0.15) is 4.21 Å². The molecule has 128 valence electrons. The molecule has 24 heavy (non-hydrogen) atoms. The normalized spacial score (nSPS) is 16.9. The van der Waals surface area contributed by atoms with Crippen LogP contribution in [0.15, 0.2) is 46.7 Å². The van der Waals surface area contributed by atoms with Crippen LogP contribution in [-0.2, 0) is 10.0 Å². The Morgan fingerprint density at radius 3 is 2.38 bits per heavy atom. The molecule has 1 N–H and O–H groups in total. The SMILES string of the molecule is O=C(NC1CCN(S(=O)(=O)c2ccc(Cl)s2)CC1)c1ccccc1. The predicted octanol–water partition coefficient (Wildman–Crippen LogP) is 2.98. The van der Waals surface area contributed by atoms with Crippen molar-refractivity contribution in [1.82, 2.24) is 9.62 Å². The molecule has 0 aliphatic carbocycles. The molecule has 8 heteroatoms. The minimum absolute atomic E-state index is 0.0175. The zero-order valence-electron chi connectivity index (χ0n) is 12.8. The van der Waals surface area contributed by atoms with Crippen LogP contribution >= 0.6 is 22.9 Å². The Bertz CT molecular complexity index is 813. The van der Waals surface area contributed by atoms with E-state index in [1.54, 1.807) is 18.2 Å². The molecule has 0 bridgehead atoms. The average molecular weight is 385 g/mol. The van der Waals surface area contributed by atoms with Gasteiger partial charge in [0.15, 0.2) is 0 Å². The van der Waals surface area contributed by atoms with E-state index in [1.165, 1.54) is 10.4 Å². The van der Waals surface area contributed by atoms with E-state index in [2.05, 4.69) is 5.32 Å². The second-order valence-corrected chi connectivity index (χ2v) is 9.46. The maximum atomic E-state index is 12.5. The number of hydrogen-bond donors (Lipinski definition) is 1. The van der Waals surface area contributed by atoms with Crippen LogP contribution in [0.4, 0.5) is 0 Å². The van der Waals surface area contributed by atoms with Gasteiger partial charge in [-0.15, -0.1) is 11.3 Å². The van der Waals surface area contributed by atoms with Crippen molar-refractivity contribution < 1.29 is 13.2 Å². The first-order valence-corrected chi connectivity index (χ1v) is 10.2. The fourth-order valence-corrected chi connectivity index (χ4v) is 5.77. The molecule has 0 unspecified atom stereocenters. The Morgan fingerprint density at radius 2 is 1.79 bits per heavy atom. The van der Waals surface area contributed by atoms with Gasteiger partial charge in [-0.1, -0.05) is 29.8 Å². The third-order valence-corrected chi connectivity index (χ3v) is 7.57. The van der Waals surface area contributed by atoms with Crippen LogP contribution in [0.1, 0.15) is 23.2 Å². The first kappa shape index (κ1) is 17.4. The summed E-state index contributed by atoms with van der Waals surface area (Å²) in [5, 5.41) is 2.97. The van der Waals surface area contributed by atoms with Crippen LogP contribution in [0.2, 0.25) is 4.34 Å². The first-order chi connectivity index (χ1) is 11.5. The summed E-state index contributed by atoms with van der Waals surface area (Å²) < 4.78 is 27.3. The van der Waals surface area contributed by atoms with Crippen molar-refractivity contribution in [3.8, 4) is 0 Å². The summed E-state index contributed by atoms with van der Waals surface area (Å²) in [6, 6.07) is 12.1. The van der Waals surface area contributed by atoms with Gasteiger partial charge < -0.3 is 5.32 Å². The maximum Gasteiger partial charge on any atom is 0.252 e. The molecule has 5 nitrogen and oxygen atoms in total. The highest BCUT2D eigenvalue weighted by molar-refractivity contribution is 7.91. The lowest BCUT2D eigenvalue weighted by molar-refractivity contribution is 0.0924. The number of carbonyl (C=O) groups excluding carboxylic acids is 1. The molecule has 0 radical (unpaired) electrons. The van der Waals surface area contributed by atoms with Gasteiger partial charge in [-0.3, -0.25) is 4.79 Å². The summed E-state index contributed by atoms with van der Waals surface area (Å²) in [4.78, 5) is 12.2. The van der Waals surface area contributed by atoms with Crippen molar-refractivity contribution in [2.24, 2.45) is 0 Å². The summed E-state index contributed by atoms with van der Waals surface area (Å²) in [6.07, 6.45) is 1.19. The number of sulfonamides is 1. The highest BCUT2D eigenvalue weighted by atomic mass is 35.5. The number of nitrogens with zero attached hydrogens (tertiary/aromatic N) is 1. The van der Waals surface area contributed by atoms with Crippen LogP contribution < -0.4 is 5.32 Å². The van der Waals surface area contributed by atoms with E-state index in [0.717, 1.165) is 11.3 Å². The molecule has 1 amide bonds. The smallest absolute Gasteiger partial charge is 0.252 e. The van der Waals surface area contributed by atoms with Crippen molar-refractivity contribution in [2.45, 2.75) is 23.1 Å². The number of carbonyl (C=O) groups is 1. The molecular weight excluding hydrogens is 368 g/mol. The molecule has 3 rings (SSSR count). The largest absolute Gasteiger partial charge is 0.349 e. The molecule has 0 saturated carbocycles. The minimum atomic E-state index is -3.49. The van der Waals surface area contributed by atoms with Gasteiger partial charge in [-0.2, -0.15) is 4.31 Å². The summed E-state index contributed by atoms with van der Waals surface area (Å²) >= 11 is 6.90. The number of benzene rings is 1. The number of halogens is 1. The fourth-order valence-electron chi connectivity index (χ4n) is 2.66. The van der Waals surface area contributed by atoms with E-state index < -0.39 is 10.0 Å². The number of rotatable bonds is 4. The van der Waals surface area contributed by atoms with Gasteiger partial charge in [0.2, 0.25) is 0 Å². The Labute approximate surface area is 150 Å². The van der Waals surface area contributed by atoms with Crippen molar-refractivity contribution in [3.63, 3.8) is 0 Å². The topological polar surface area (TPSA) is 66.5 Å². The van der Waals surface area contributed by atoms with Gasteiger partial charge in [0.05, 0.1) is 4.34 Å². The van der Waals surface area contributed by atoms with E-state index in [0.29, 0.717) is 35.8 Å². The number of amides is 1. The molecule has 2 heterocycles. The standard InChI is InChI=1S/C16H17ClN2O3S2/c17-14-6-7-15(23-14)24(21,22)19-10-8-13(9-11-19)18-16(20)12-4-2-1-3-5-12/h1-7,13H,8-11H2,(H,18,20). The summed E-state index contributed by atoms with van der Waals surface area (Å²) in [5.41, 5.74) is 0.612. The van der Waals surface area contributed by atoms with E-state index >= 15 is 0 Å². The quantitative estimate of drug-likeness (QED) is 0.881. The van der Waals surface area contributed by atoms with E-state index in [4.69, 9.17) is 11.6 Å². The molecule has 1 fully saturated rings. The molecule has 2 aromatic rings. The second kappa shape index (κ2) is 7.23. The highest BCUT2D eigenvalue weighted by Gasteiger charge is 2.31. The van der Waals surface area contributed by atoms with Crippen LogP contribution in [-0.4, -0.2) is 37.8 Å². The van der Waals surface area contributed by atoms with E-state index in [9.17, 15) is 13.2 Å². The van der Waals surface area contributed by atoms with Crippen molar-refractivity contribution in [1.29, 1.82) is 0 Å². The zero-order chi connectivity index (χ0) is 17.2. The molecule has 1 aromatic heterocycles. The van der Waals surface area contributed by atoms with Crippen LogP contribution in [0.25, 0.3) is 0 Å².